The van der Waals surface area contributed by atoms with Crippen LogP contribution in [0.1, 0.15) is 12.5 Å². The smallest absolute Gasteiger partial charge is 0.319 e. The summed E-state index contributed by atoms with van der Waals surface area (Å²) >= 11 is 1.25. The Hall–Kier alpha value is -1.89. The third-order valence-electron chi connectivity index (χ3n) is 2.61. The van der Waals surface area contributed by atoms with Crippen LogP contribution >= 0.6 is 11.8 Å². The average Bonchev–Trinajstić information content (AvgIpc) is 2.83. The van der Waals surface area contributed by atoms with Gasteiger partial charge in [0.1, 0.15) is 24.0 Å². The summed E-state index contributed by atoms with van der Waals surface area (Å²) in [5.41, 5.74) is 0.358. The molecule has 1 aromatic heterocycles. The standard InChI is InChI=1S/C13H14FN3O2S/c1-9(20-13-16-15-8-17(13)2)12(18)19-7-10-5-3-4-6-11(10)14/h3-6,8-9H,7H2,1-2H3. The summed E-state index contributed by atoms with van der Waals surface area (Å²) in [5, 5.41) is 7.79. The number of hydrogen-bond acceptors (Lipinski definition) is 5. The van der Waals surface area contributed by atoms with E-state index in [2.05, 4.69) is 10.2 Å². The molecule has 0 radical (unpaired) electrons. The van der Waals surface area contributed by atoms with Gasteiger partial charge in [0.25, 0.3) is 0 Å². The summed E-state index contributed by atoms with van der Waals surface area (Å²) in [6.07, 6.45) is 1.56. The van der Waals surface area contributed by atoms with E-state index in [9.17, 15) is 9.18 Å². The number of ether oxygens (including phenoxy) is 1. The molecule has 1 unspecified atom stereocenters. The minimum atomic E-state index is -0.440. The van der Waals surface area contributed by atoms with Gasteiger partial charge in [0.2, 0.25) is 0 Å². The third-order valence-corrected chi connectivity index (χ3v) is 3.74. The summed E-state index contributed by atoms with van der Waals surface area (Å²) in [4.78, 5) is 11.8. The average molecular weight is 295 g/mol. The van der Waals surface area contributed by atoms with Gasteiger partial charge in [0.15, 0.2) is 5.16 Å². The molecular formula is C13H14FN3O2S. The van der Waals surface area contributed by atoms with E-state index in [1.54, 1.807) is 43.1 Å². The Labute approximate surface area is 120 Å². The van der Waals surface area contributed by atoms with E-state index >= 15 is 0 Å². The molecule has 5 nitrogen and oxygen atoms in total. The number of rotatable bonds is 5. The van der Waals surface area contributed by atoms with Crippen LogP contribution in [0.4, 0.5) is 4.39 Å². The molecule has 0 aliphatic carbocycles. The molecular weight excluding hydrogens is 281 g/mol. The molecule has 0 bridgehead atoms. The maximum Gasteiger partial charge on any atom is 0.319 e. The number of benzene rings is 1. The fraction of sp³-hybridized carbons (Fsp3) is 0.308. The van der Waals surface area contributed by atoms with Gasteiger partial charge >= 0.3 is 5.97 Å². The fourth-order valence-corrected chi connectivity index (χ4v) is 2.26. The fourth-order valence-electron chi connectivity index (χ4n) is 1.47. The van der Waals surface area contributed by atoms with Crippen molar-refractivity contribution in [2.45, 2.75) is 23.9 Å². The zero-order chi connectivity index (χ0) is 14.5. The van der Waals surface area contributed by atoms with Crippen LogP contribution in [0, 0.1) is 5.82 Å². The number of carbonyl (C=O) groups is 1. The van der Waals surface area contributed by atoms with E-state index < -0.39 is 11.2 Å². The highest BCUT2D eigenvalue weighted by Crippen LogP contribution is 2.21. The van der Waals surface area contributed by atoms with Crippen molar-refractivity contribution in [3.63, 3.8) is 0 Å². The molecule has 1 atom stereocenters. The summed E-state index contributed by atoms with van der Waals surface area (Å²) < 4.78 is 20.2. The first-order valence-electron chi connectivity index (χ1n) is 5.98. The van der Waals surface area contributed by atoms with E-state index in [1.165, 1.54) is 17.8 Å². The van der Waals surface area contributed by atoms with Crippen LogP contribution in [0.3, 0.4) is 0 Å². The molecule has 1 aromatic carbocycles. The van der Waals surface area contributed by atoms with Gasteiger partial charge in [-0.05, 0) is 13.0 Å². The van der Waals surface area contributed by atoms with Crippen molar-refractivity contribution in [2.24, 2.45) is 7.05 Å². The number of aromatic nitrogens is 3. The first-order chi connectivity index (χ1) is 9.58. The Morgan fingerprint density at radius 3 is 2.90 bits per heavy atom. The second kappa shape index (κ2) is 6.51. The van der Waals surface area contributed by atoms with Crippen molar-refractivity contribution in [3.05, 3.63) is 42.0 Å². The molecule has 2 rings (SSSR count). The van der Waals surface area contributed by atoms with Crippen molar-refractivity contribution in [1.82, 2.24) is 14.8 Å². The van der Waals surface area contributed by atoms with Gasteiger partial charge in [-0.15, -0.1) is 10.2 Å². The molecule has 0 aliphatic rings. The SMILES string of the molecule is CC(Sc1nncn1C)C(=O)OCc1ccccc1F. The number of esters is 1. The molecule has 106 valence electrons. The Balaban J connectivity index is 1.89. The van der Waals surface area contributed by atoms with Crippen molar-refractivity contribution < 1.29 is 13.9 Å². The molecule has 2 aromatic rings. The largest absolute Gasteiger partial charge is 0.460 e. The number of aryl methyl sites for hydroxylation is 1. The molecule has 7 heteroatoms. The van der Waals surface area contributed by atoms with Gasteiger partial charge in [-0.1, -0.05) is 30.0 Å². The van der Waals surface area contributed by atoms with Crippen LogP contribution in [-0.2, 0) is 23.2 Å². The van der Waals surface area contributed by atoms with E-state index in [1.807, 2.05) is 0 Å². The predicted molar refractivity (Wildman–Crippen MR) is 72.5 cm³/mol. The van der Waals surface area contributed by atoms with Crippen LogP contribution in [-0.4, -0.2) is 26.0 Å². The van der Waals surface area contributed by atoms with Crippen molar-refractivity contribution >= 4 is 17.7 Å². The second-order valence-electron chi connectivity index (χ2n) is 4.18. The minimum absolute atomic E-state index is 0.0742. The normalized spacial score (nSPS) is 12.2. The van der Waals surface area contributed by atoms with E-state index in [4.69, 9.17) is 4.74 Å². The monoisotopic (exact) mass is 295 g/mol. The summed E-state index contributed by atoms with van der Waals surface area (Å²) in [6, 6.07) is 6.21. The van der Waals surface area contributed by atoms with E-state index in [0.29, 0.717) is 10.7 Å². The number of halogens is 1. The lowest BCUT2D eigenvalue weighted by atomic mass is 10.2. The molecule has 20 heavy (non-hydrogen) atoms. The van der Waals surface area contributed by atoms with Crippen LogP contribution in [0.2, 0.25) is 0 Å². The molecule has 0 saturated carbocycles. The summed E-state index contributed by atoms with van der Waals surface area (Å²) in [5.74, 6) is -0.796. The minimum Gasteiger partial charge on any atom is -0.460 e. The second-order valence-corrected chi connectivity index (χ2v) is 5.49. The lowest BCUT2D eigenvalue weighted by Crippen LogP contribution is -2.17. The van der Waals surface area contributed by atoms with E-state index in [-0.39, 0.29) is 12.4 Å². The molecule has 1 heterocycles. The number of carbonyl (C=O) groups excluding carboxylic acids is 1. The van der Waals surface area contributed by atoms with Crippen LogP contribution in [0.5, 0.6) is 0 Å². The van der Waals surface area contributed by atoms with Crippen molar-refractivity contribution in [3.8, 4) is 0 Å². The number of nitrogens with zero attached hydrogens (tertiary/aromatic N) is 3. The third kappa shape index (κ3) is 3.57. The highest BCUT2D eigenvalue weighted by atomic mass is 32.2. The van der Waals surface area contributed by atoms with Crippen molar-refractivity contribution in [1.29, 1.82) is 0 Å². The predicted octanol–water partition coefficient (Wildman–Crippen LogP) is 2.18. The van der Waals surface area contributed by atoms with Gasteiger partial charge in [0, 0.05) is 12.6 Å². The molecule has 0 fully saturated rings. The van der Waals surface area contributed by atoms with Gasteiger partial charge in [-0.2, -0.15) is 0 Å². The Bertz CT molecular complexity index is 603. The maximum atomic E-state index is 13.4. The Kier molecular flexibility index (Phi) is 4.73. The lowest BCUT2D eigenvalue weighted by molar-refractivity contribution is -0.144. The van der Waals surface area contributed by atoms with Crippen LogP contribution in [0.25, 0.3) is 0 Å². The topological polar surface area (TPSA) is 57.0 Å². The Morgan fingerprint density at radius 1 is 1.50 bits per heavy atom. The van der Waals surface area contributed by atoms with Crippen LogP contribution < -0.4 is 0 Å². The van der Waals surface area contributed by atoms with Crippen LogP contribution in [0.15, 0.2) is 35.7 Å². The Morgan fingerprint density at radius 2 is 2.25 bits per heavy atom. The van der Waals surface area contributed by atoms with Gasteiger partial charge < -0.3 is 9.30 Å². The maximum absolute atomic E-state index is 13.4. The van der Waals surface area contributed by atoms with Gasteiger partial charge in [-0.25, -0.2) is 4.39 Å². The molecule has 0 spiro atoms. The highest BCUT2D eigenvalue weighted by molar-refractivity contribution is 8.00. The summed E-state index contributed by atoms with van der Waals surface area (Å²) in [7, 11) is 1.79. The highest BCUT2D eigenvalue weighted by Gasteiger charge is 2.19. The molecule has 0 aliphatic heterocycles. The zero-order valence-electron chi connectivity index (χ0n) is 11.1. The molecule has 0 N–H and O–H groups in total. The molecule has 0 amide bonds. The van der Waals surface area contributed by atoms with Gasteiger partial charge in [-0.3, -0.25) is 4.79 Å². The van der Waals surface area contributed by atoms with Gasteiger partial charge in [0.05, 0.1) is 0 Å². The first kappa shape index (κ1) is 14.5. The molecule has 0 saturated heterocycles. The summed E-state index contributed by atoms with van der Waals surface area (Å²) in [6.45, 7) is 1.64. The first-order valence-corrected chi connectivity index (χ1v) is 6.86. The van der Waals surface area contributed by atoms with Crippen molar-refractivity contribution in [2.75, 3.05) is 0 Å². The lowest BCUT2D eigenvalue weighted by Gasteiger charge is -2.10. The number of thioether (sulfide) groups is 1. The van der Waals surface area contributed by atoms with E-state index in [0.717, 1.165) is 0 Å². The number of hydrogen-bond donors (Lipinski definition) is 0. The quantitative estimate of drug-likeness (QED) is 0.625. The zero-order valence-corrected chi connectivity index (χ0v) is 11.9.